The Labute approximate surface area is 91.8 Å². The van der Waals surface area contributed by atoms with Crippen LogP contribution in [-0.4, -0.2) is 11.5 Å². The molecule has 0 unspecified atom stereocenters. The summed E-state index contributed by atoms with van der Waals surface area (Å²) in [6.45, 7) is 4.29. The van der Waals surface area contributed by atoms with Gasteiger partial charge in [-0.25, -0.2) is 9.37 Å². The maximum Gasteiger partial charge on any atom is 0.183 e. The van der Waals surface area contributed by atoms with Gasteiger partial charge in [-0.2, -0.15) is 0 Å². The second-order valence-electron chi connectivity index (χ2n) is 2.97. The number of nitrogens with one attached hydrogen (secondary N) is 1. The minimum atomic E-state index is -0.231. The zero-order valence-corrected chi connectivity index (χ0v) is 8.85. The van der Waals surface area contributed by atoms with Crippen molar-refractivity contribution in [3.05, 3.63) is 42.4 Å². The molecule has 0 aliphatic carbocycles. The molecular weight excluding hydrogens is 211 g/mol. The molecule has 0 bridgehead atoms. The molecule has 0 atom stereocenters. The van der Waals surface area contributed by atoms with Gasteiger partial charge in [-0.15, -0.1) is 11.3 Å². The smallest absolute Gasteiger partial charge is 0.183 e. The van der Waals surface area contributed by atoms with Gasteiger partial charge >= 0.3 is 0 Å². The normalized spacial score (nSPS) is 10.3. The Morgan fingerprint density at radius 1 is 1.33 bits per heavy atom. The van der Waals surface area contributed by atoms with Crippen LogP contribution in [0.15, 0.2) is 29.6 Å². The Balaban J connectivity index is 2.25. The lowest BCUT2D eigenvalue weighted by Gasteiger charge is -1.96. The van der Waals surface area contributed by atoms with Crippen LogP contribution >= 0.6 is 11.3 Å². The van der Waals surface area contributed by atoms with Crippen LogP contribution in [0.2, 0.25) is 0 Å². The van der Waals surface area contributed by atoms with E-state index < -0.39 is 0 Å². The number of thiazole rings is 1. The van der Waals surface area contributed by atoms with E-state index in [9.17, 15) is 4.39 Å². The molecule has 2 nitrogen and oxygen atoms in total. The maximum absolute atomic E-state index is 12.7. The van der Waals surface area contributed by atoms with E-state index >= 15 is 0 Å². The maximum atomic E-state index is 12.7. The molecular formula is C11H10FN2S. The summed E-state index contributed by atoms with van der Waals surface area (Å²) >= 11 is 1.52. The Morgan fingerprint density at radius 2 is 2.07 bits per heavy atom. The molecule has 1 heterocycles. The van der Waals surface area contributed by atoms with Crippen molar-refractivity contribution < 1.29 is 4.39 Å². The first-order valence-electron chi connectivity index (χ1n) is 4.54. The molecule has 1 aromatic heterocycles. The molecule has 0 saturated heterocycles. The van der Waals surface area contributed by atoms with Crippen LogP contribution in [0.5, 0.6) is 0 Å². The molecule has 1 radical (unpaired) electrons. The lowest BCUT2D eigenvalue weighted by molar-refractivity contribution is 0.628. The van der Waals surface area contributed by atoms with Crippen molar-refractivity contribution >= 4 is 16.5 Å². The van der Waals surface area contributed by atoms with Crippen LogP contribution in [0, 0.1) is 12.7 Å². The minimum absolute atomic E-state index is 0.231. The highest BCUT2D eigenvalue weighted by atomic mass is 32.1. The van der Waals surface area contributed by atoms with E-state index in [-0.39, 0.29) is 5.82 Å². The van der Waals surface area contributed by atoms with Gasteiger partial charge in [0.2, 0.25) is 0 Å². The van der Waals surface area contributed by atoms with Crippen LogP contribution in [-0.2, 0) is 0 Å². The number of aromatic nitrogens is 1. The van der Waals surface area contributed by atoms with Crippen LogP contribution in [0.1, 0.15) is 0 Å². The van der Waals surface area contributed by atoms with Gasteiger partial charge in [0.15, 0.2) is 5.13 Å². The van der Waals surface area contributed by atoms with Crippen LogP contribution < -0.4 is 5.32 Å². The van der Waals surface area contributed by atoms with Crippen molar-refractivity contribution in [2.75, 3.05) is 11.9 Å². The minimum Gasteiger partial charge on any atom is -0.362 e. The van der Waals surface area contributed by atoms with Gasteiger partial charge < -0.3 is 5.32 Å². The molecule has 2 aromatic rings. The monoisotopic (exact) mass is 221 g/mol. The molecule has 0 spiro atoms. The van der Waals surface area contributed by atoms with E-state index in [2.05, 4.69) is 17.2 Å². The summed E-state index contributed by atoms with van der Waals surface area (Å²) in [4.78, 5) is 4.34. The highest BCUT2D eigenvalue weighted by molar-refractivity contribution is 7.14. The van der Waals surface area contributed by atoms with Gasteiger partial charge in [0.25, 0.3) is 0 Å². The fourth-order valence-corrected chi connectivity index (χ4v) is 1.96. The zero-order chi connectivity index (χ0) is 10.7. The zero-order valence-electron chi connectivity index (χ0n) is 8.03. The number of benzene rings is 1. The second kappa shape index (κ2) is 4.40. The van der Waals surface area contributed by atoms with Crippen LogP contribution in [0.4, 0.5) is 9.52 Å². The molecule has 1 N–H and O–H groups in total. The van der Waals surface area contributed by atoms with Gasteiger partial charge in [0, 0.05) is 17.5 Å². The Kier molecular flexibility index (Phi) is 2.97. The van der Waals surface area contributed by atoms with Gasteiger partial charge in [-0.1, -0.05) is 0 Å². The summed E-state index contributed by atoms with van der Waals surface area (Å²) in [5.74, 6) is -0.231. The van der Waals surface area contributed by atoms with E-state index in [1.807, 2.05) is 5.38 Å². The molecule has 1 aromatic carbocycles. The highest BCUT2D eigenvalue weighted by Crippen LogP contribution is 2.24. The Bertz CT molecular complexity index is 436. The molecule has 77 valence electrons. The van der Waals surface area contributed by atoms with Crippen LogP contribution in [0.25, 0.3) is 11.3 Å². The van der Waals surface area contributed by atoms with Crippen molar-refractivity contribution in [1.82, 2.24) is 4.98 Å². The number of hydrogen-bond acceptors (Lipinski definition) is 3. The van der Waals surface area contributed by atoms with Crippen molar-refractivity contribution in [3.63, 3.8) is 0 Å². The lowest BCUT2D eigenvalue weighted by Crippen LogP contribution is -1.95. The van der Waals surface area contributed by atoms with E-state index in [0.717, 1.165) is 16.4 Å². The Hall–Kier alpha value is -1.42. The predicted molar refractivity (Wildman–Crippen MR) is 61.4 cm³/mol. The topological polar surface area (TPSA) is 24.9 Å². The van der Waals surface area contributed by atoms with E-state index in [4.69, 9.17) is 0 Å². The summed E-state index contributed by atoms with van der Waals surface area (Å²) < 4.78 is 12.7. The molecule has 0 aliphatic heterocycles. The summed E-state index contributed by atoms with van der Waals surface area (Å²) in [6.07, 6.45) is 0. The third-order valence-electron chi connectivity index (χ3n) is 1.92. The predicted octanol–water partition coefficient (Wildman–Crippen LogP) is 3.20. The highest BCUT2D eigenvalue weighted by Gasteiger charge is 2.03. The van der Waals surface area contributed by atoms with Crippen LogP contribution in [0.3, 0.4) is 0 Å². The third-order valence-corrected chi connectivity index (χ3v) is 2.72. The third kappa shape index (κ3) is 2.33. The molecule has 2 rings (SSSR count). The van der Waals surface area contributed by atoms with Crippen molar-refractivity contribution in [1.29, 1.82) is 0 Å². The number of anilines is 1. The van der Waals surface area contributed by atoms with Crippen molar-refractivity contribution in [3.8, 4) is 11.3 Å². The largest absolute Gasteiger partial charge is 0.362 e. The Morgan fingerprint density at radius 3 is 2.73 bits per heavy atom. The van der Waals surface area contributed by atoms with E-state index in [1.54, 1.807) is 12.1 Å². The summed E-state index contributed by atoms with van der Waals surface area (Å²) in [5.41, 5.74) is 1.78. The summed E-state index contributed by atoms with van der Waals surface area (Å²) in [6, 6.07) is 6.31. The van der Waals surface area contributed by atoms with Gasteiger partial charge in [-0.05, 0) is 31.2 Å². The SMILES string of the molecule is [CH2]CNc1nc(-c2ccc(F)cc2)cs1. The van der Waals surface area contributed by atoms with Crippen molar-refractivity contribution in [2.45, 2.75) is 0 Å². The fourth-order valence-electron chi connectivity index (χ4n) is 1.22. The molecule has 0 aliphatic rings. The van der Waals surface area contributed by atoms with Crippen molar-refractivity contribution in [2.24, 2.45) is 0 Å². The summed E-state index contributed by atoms with van der Waals surface area (Å²) in [7, 11) is 0. The van der Waals surface area contributed by atoms with Gasteiger partial charge in [0.1, 0.15) is 5.82 Å². The summed E-state index contributed by atoms with van der Waals surface area (Å²) in [5, 5.41) is 5.80. The first-order chi connectivity index (χ1) is 7.29. The average molecular weight is 221 g/mol. The quantitative estimate of drug-likeness (QED) is 0.861. The number of rotatable bonds is 3. The fraction of sp³-hybridized carbons (Fsp3) is 0.0909. The molecule has 15 heavy (non-hydrogen) atoms. The van der Waals surface area contributed by atoms with Gasteiger partial charge in [0.05, 0.1) is 5.69 Å². The second-order valence-corrected chi connectivity index (χ2v) is 3.83. The van der Waals surface area contributed by atoms with E-state index in [0.29, 0.717) is 6.54 Å². The molecule has 0 saturated carbocycles. The van der Waals surface area contributed by atoms with Gasteiger partial charge in [-0.3, -0.25) is 0 Å². The number of halogens is 1. The number of nitrogens with zero attached hydrogens (tertiary/aromatic N) is 1. The first kappa shape index (κ1) is 10.1. The average Bonchev–Trinajstić information content (AvgIpc) is 2.68. The lowest BCUT2D eigenvalue weighted by atomic mass is 10.2. The number of hydrogen-bond donors (Lipinski definition) is 1. The molecule has 0 fully saturated rings. The standard InChI is InChI=1S/C11H10FN2S/c1-2-13-11-14-10(7-15-11)8-3-5-9(12)6-4-8/h3-7H,1-2H2,(H,13,14). The van der Waals surface area contributed by atoms with E-state index in [1.165, 1.54) is 23.5 Å². The molecule has 4 heteroatoms. The molecule has 0 amide bonds. The first-order valence-corrected chi connectivity index (χ1v) is 5.42.